The van der Waals surface area contributed by atoms with E-state index in [0.717, 1.165) is 87.6 Å². The van der Waals surface area contributed by atoms with Crippen LogP contribution in [0.15, 0.2) is 243 Å². The maximum Gasteiger partial charge on any atom is 4.00 e. The first kappa shape index (κ1) is 60.4. The monoisotopic (exact) mass is 1100 g/mol. The molecule has 0 atom stereocenters. The molecule has 12 rings (SSSR count). The molecule has 0 aliphatic carbocycles. The van der Waals surface area contributed by atoms with Crippen molar-refractivity contribution in [3.63, 3.8) is 0 Å². The molecule has 9 heteroatoms. The summed E-state index contributed by atoms with van der Waals surface area (Å²) in [5, 5.41) is 78.5. The molecule has 7 nitrogen and oxygen atoms in total. The van der Waals surface area contributed by atoms with Gasteiger partial charge in [0.2, 0.25) is 0 Å². The molecule has 0 saturated carbocycles. The van der Waals surface area contributed by atoms with Crippen LogP contribution in [0.3, 0.4) is 0 Å². The Balaban J connectivity index is 0.000000218. The molecule has 0 saturated heterocycles. The molecule has 0 heterocycles. The van der Waals surface area contributed by atoms with E-state index in [1.54, 1.807) is 52.0 Å². The zero-order chi connectivity index (χ0) is 53.3. The van der Waals surface area contributed by atoms with Crippen LogP contribution in [0, 0.1) is 0 Å². The first-order valence-corrected chi connectivity index (χ1v) is 25.3. The standard InChI is InChI=1S/2C32H22O2.2C3H7O.O.2Ti/c2*33-29-17-13-25-19-23(21-7-3-1-4-8-21)11-15-27(25)31(29)32-28-16-12-24(22-9-5-2-6-10-22)20-26(28)14-18-30(32)34;2*1-3(2)4;;;/h2*1-20,33-34H;2*3H,1-2H3;;;/q;;2*-1;-2;2*+4/p-4. The van der Waals surface area contributed by atoms with E-state index in [1.165, 1.54) is 0 Å². The van der Waals surface area contributed by atoms with Gasteiger partial charge in [-0.25, -0.2) is 0 Å². The van der Waals surface area contributed by atoms with E-state index >= 15 is 0 Å². The van der Waals surface area contributed by atoms with Crippen LogP contribution < -0.4 is 30.6 Å². The molecule has 79 heavy (non-hydrogen) atoms. The predicted octanol–water partition coefficient (Wildman–Crippen LogP) is 13.7. The molecular formula is C70H54O7Ti2. The van der Waals surface area contributed by atoms with Crippen molar-refractivity contribution in [2.24, 2.45) is 0 Å². The van der Waals surface area contributed by atoms with Crippen molar-refractivity contribution < 1.29 is 79.6 Å². The zero-order valence-corrected chi connectivity index (χ0v) is 47.2. The van der Waals surface area contributed by atoms with Gasteiger partial charge in [0.1, 0.15) is 0 Å². The van der Waals surface area contributed by atoms with Gasteiger partial charge >= 0.3 is 43.4 Å². The van der Waals surface area contributed by atoms with Gasteiger partial charge in [-0.15, -0.1) is 35.2 Å². The first-order valence-electron chi connectivity index (χ1n) is 25.3. The predicted molar refractivity (Wildman–Crippen MR) is 304 cm³/mol. The van der Waals surface area contributed by atoms with Crippen molar-refractivity contribution in [1.29, 1.82) is 0 Å². The molecule has 12 aromatic carbocycles. The van der Waals surface area contributed by atoms with Gasteiger partial charge in [-0.05, 0) is 134 Å². The fourth-order valence-corrected chi connectivity index (χ4v) is 9.51. The van der Waals surface area contributed by atoms with E-state index in [2.05, 4.69) is 72.8 Å². The summed E-state index contributed by atoms with van der Waals surface area (Å²) in [6.07, 6.45) is -0.833. The Hall–Kier alpha value is -7.81. The van der Waals surface area contributed by atoms with Crippen molar-refractivity contribution in [1.82, 2.24) is 0 Å². The van der Waals surface area contributed by atoms with Gasteiger partial charge in [-0.3, -0.25) is 0 Å². The third kappa shape index (κ3) is 14.1. The van der Waals surface area contributed by atoms with Crippen molar-refractivity contribution in [2.75, 3.05) is 0 Å². The van der Waals surface area contributed by atoms with Crippen molar-refractivity contribution in [2.45, 2.75) is 39.9 Å². The van der Waals surface area contributed by atoms with E-state index in [4.69, 9.17) is 0 Å². The molecule has 12 aromatic rings. The van der Waals surface area contributed by atoms with Gasteiger partial charge in [-0.2, -0.15) is 0 Å². The summed E-state index contributed by atoms with van der Waals surface area (Å²) in [4.78, 5) is 0. The number of benzene rings is 12. The van der Waals surface area contributed by atoms with Crippen LogP contribution in [0.1, 0.15) is 27.7 Å². The Labute approximate surface area is 491 Å². The SMILES string of the molecule is CC(C)[O-].CC(C)[O-].[O-2].[O-]c1ccc2cc(-c3ccccc3)ccc2c1-c1c([O-])ccc2cc(-c3ccccc3)ccc12.[O-]c1ccc2cc(-c3ccccc3)ccc2c1-c1c([O-])ccc2cc(-c3ccccc3)ccc12.[Ti+4].[Ti+4]. The average Bonchev–Trinajstić information content (AvgIpc) is 3.54. The largest absolute Gasteiger partial charge is 4.00 e. The molecule has 0 unspecified atom stereocenters. The van der Waals surface area contributed by atoms with Crippen LogP contribution in [-0.2, 0) is 48.9 Å². The van der Waals surface area contributed by atoms with E-state index in [1.807, 2.05) is 146 Å². The summed E-state index contributed by atoms with van der Waals surface area (Å²) in [6, 6.07) is 78.5. The maximum absolute atomic E-state index is 13.1. The molecule has 0 amide bonds. The third-order valence-electron chi connectivity index (χ3n) is 12.9. The van der Waals surface area contributed by atoms with Crippen LogP contribution in [0.25, 0.3) is 110 Å². The van der Waals surface area contributed by atoms with Crippen LogP contribution >= 0.6 is 0 Å². The van der Waals surface area contributed by atoms with E-state index < -0.39 is 12.2 Å². The molecule has 0 radical (unpaired) electrons. The zero-order valence-electron chi connectivity index (χ0n) is 44.1. The number of fused-ring (bicyclic) bond motifs is 4. The molecule has 0 N–H and O–H groups in total. The summed E-state index contributed by atoms with van der Waals surface area (Å²) in [5.41, 5.74) is 10.6. The summed E-state index contributed by atoms with van der Waals surface area (Å²) >= 11 is 0. The minimum atomic E-state index is -0.417. The number of hydrogen-bond acceptors (Lipinski definition) is 6. The van der Waals surface area contributed by atoms with Crippen LogP contribution in [-0.4, -0.2) is 12.2 Å². The fraction of sp³-hybridized carbons (Fsp3) is 0.0857. The molecule has 0 fully saturated rings. The summed E-state index contributed by atoms with van der Waals surface area (Å²) in [7, 11) is 0. The minimum Gasteiger partial charge on any atom is -2.00 e. The van der Waals surface area contributed by atoms with Gasteiger partial charge in [-0.1, -0.05) is 246 Å². The van der Waals surface area contributed by atoms with Crippen molar-refractivity contribution >= 4 is 43.1 Å². The van der Waals surface area contributed by atoms with E-state index in [0.29, 0.717) is 22.3 Å². The number of hydrogen-bond donors (Lipinski definition) is 0. The topological polar surface area (TPSA) is 167 Å². The molecular weight excluding hydrogens is 1050 g/mol. The summed E-state index contributed by atoms with van der Waals surface area (Å²) in [6.45, 7) is 6.44. The summed E-state index contributed by atoms with van der Waals surface area (Å²) < 4.78 is 0. The van der Waals surface area contributed by atoms with Crippen LogP contribution in [0.2, 0.25) is 0 Å². The molecule has 0 aliphatic heterocycles. The smallest absolute Gasteiger partial charge is 2.00 e. The summed E-state index contributed by atoms with van der Waals surface area (Å²) in [5.74, 6) is -0.568. The van der Waals surface area contributed by atoms with E-state index in [-0.39, 0.29) is 71.9 Å². The van der Waals surface area contributed by atoms with Crippen molar-refractivity contribution in [3.8, 4) is 89.8 Å². The average molecular weight is 1100 g/mol. The van der Waals surface area contributed by atoms with Crippen LogP contribution in [0.5, 0.6) is 23.0 Å². The van der Waals surface area contributed by atoms with Crippen molar-refractivity contribution in [3.05, 3.63) is 243 Å². The minimum absolute atomic E-state index is 0. The van der Waals surface area contributed by atoms with Gasteiger partial charge in [0, 0.05) is 0 Å². The first-order chi connectivity index (χ1) is 36.8. The number of rotatable bonds is 6. The van der Waals surface area contributed by atoms with E-state index in [9.17, 15) is 30.6 Å². The van der Waals surface area contributed by atoms with Gasteiger partial charge in [0.15, 0.2) is 0 Å². The second-order valence-electron chi connectivity index (χ2n) is 19.1. The fourth-order valence-electron chi connectivity index (χ4n) is 9.51. The molecule has 0 spiro atoms. The molecule has 384 valence electrons. The Morgan fingerprint density at radius 2 is 0.418 bits per heavy atom. The van der Waals surface area contributed by atoms with Gasteiger partial charge in [0.25, 0.3) is 0 Å². The second kappa shape index (κ2) is 27.7. The quantitative estimate of drug-likeness (QED) is 0.150. The maximum atomic E-state index is 13.1. The molecule has 0 aromatic heterocycles. The second-order valence-corrected chi connectivity index (χ2v) is 19.1. The molecule has 0 bridgehead atoms. The van der Waals surface area contributed by atoms with Gasteiger partial charge in [0.05, 0.1) is 0 Å². The third-order valence-corrected chi connectivity index (χ3v) is 12.9. The Bertz CT molecular complexity index is 3430. The Morgan fingerprint density at radius 1 is 0.241 bits per heavy atom. The Kier molecular flexibility index (Phi) is 21.2. The van der Waals surface area contributed by atoms with Crippen LogP contribution in [0.4, 0.5) is 0 Å². The van der Waals surface area contributed by atoms with Gasteiger partial charge < -0.3 is 36.1 Å². The normalized spacial score (nSPS) is 10.5. The molecule has 0 aliphatic rings. The Morgan fingerprint density at radius 3 is 0.595 bits per heavy atom.